The van der Waals surface area contributed by atoms with Crippen molar-refractivity contribution in [2.24, 2.45) is 0 Å². The normalized spacial score (nSPS) is 24.2. The van der Waals surface area contributed by atoms with Gasteiger partial charge in [-0.15, -0.1) is 0 Å². The van der Waals surface area contributed by atoms with Crippen LogP contribution in [-0.2, 0) is 4.79 Å². The molecule has 3 unspecified atom stereocenters. The second-order valence-corrected chi connectivity index (χ2v) is 9.55. The number of hydrogen-bond acceptors (Lipinski definition) is 5. The molecule has 1 aliphatic carbocycles. The lowest BCUT2D eigenvalue weighted by Gasteiger charge is -2.27. The van der Waals surface area contributed by atoms with Crippen LogP contribution in [-0.4, -0.2) is 38.8 Å². The molecule has 1 fully saturated rings. The zero-order valence-electron chi connectivity index (χ0n) is 18.2. The summed E-state index contributed by atoms with van der Waals surface area (Å²) < 4.78 is 12.5. The predicted molar refractivity (Wildman–Crippen MR) is 127 cm³/mol. The highest BCUT2D eigenvalue weighted by molar-refractivity contribution is 6.35. The van der Waals surface area contributed by atoms with Gasteiger partial charge < -0.3 is 25.1 Å². The summed E-state index contributed by atoms with van der Waals surface area (Å²) >= 11 is 0. The number of allylic oxidation sites excluding steroid dienone is 1. The molecule has 1 aromatic heterocycles. The SMILES string of the molecule is O=C1CCC2=C(NCC=C2Oc2ccc3c(c2)C2C(O3)C2c2ncc(-c3ccccc3[Si])[nH]2)N1. The summed E-state index contributed by atoms with van der Waals surface area (Å²) in [6.45, 7) is 0.619. The van der Waals surface area contributed by atoms with Crippen molar-refractivity contribution in [2.45, 2.75) is 30.8 Å². The molecule has 3 atom stereocenters. The molecule has 4 heterocycles. The molecule has 8 heteroatoms. The van der Waals surface area contributed by atoms with Gasteiger partial charge in [-0.1, -0.05) is 29.5 Å². The number of imidazole rings is 1. The molecule has 0 spiro atoms. The van der Waals surface area contributed by atoms with Crippen LogP contribution in [0.1, 0.15) is 36.1 Å². The minimum Gasteiger partial charge on any atom is -0.489 e. The van der Waals surface area contributed by atoms with Crippen molar-refractivity contribution >= 4 is 21.3 Å². The van der Waals surface area contributed by atoms with Crippen molar-refractivity contribution in [1.82, 2.24) is 20.6 Å². The number of H-pyrrole nitrogens is 1. The van der Waals surface area contributed by atoms with Crippen LogP contribution in [0.15, 0.2) is 71.9 Å². The molecule has 0 saturated heterocycles. The fourth-order valence-electron chi connectivity index (χ4n) is 5.23. The molecule has 3 N–H and O–H groups in total. The number of rotatable bonds is 4. The van der Waals surface area contributed by atoms with Crippen LogP contribution in [0.2, 0.25) is 0 Å². The van der Waals surface area contributed by atoms with Crippen LogP contribution in [0.5, 0.6) is 11.5 Å². The van der Waals surface area contributed by atoms with Gasteiger partial charge in [-0.2, -0.15) is 0 Å². The minimum absolute atomic E-state index is 0.0357. The number of fused-ring (bicyclic) bond motifs is 3. The first-order chi connectivity index (χ1) is 16.7. The van der Waals surface area contributed by atoms with Gasteiger partial charge in [0.1, 0.15) is 35.0 Å². The first-order valence-electron chi connectivity index (χ1n) is 11.5. The molecule has 7 nitrogen and oxygen atoms in total. The highest BCUT2D eigenvalue weighted by Crippen LogP contribution is 2.63. The van der Waals surface area contributed by atoms with Crippen LogP contribution in [0.25, 0.3) is 11.3 Å². The average molecular weight is 466 g/mol. The van der Waals surface area contributed by atoms with E-state index in [2.05, 4.69) is 43.0 Å². The monoisotopic (exact) mass is 465 g/mol. The van der Waals surface area contributed by atoms with Gasteiger partial charge in [0.05, 0.1) is 28.1 Å². The molecule has 3 radical (unpaired) electrons. The molecule has 34 heavy (non-hydrogen) atoms. The lowest BCUT2D eigenvalue weighted by Crippen LogP contribution is -2.39. The van der Waals surface area contributed by atoms with Gasteiger partial charge in [-0.05, 0) is 36.3 Å². The summed E-state index contributed by atoms with van der Waals surface area (Å²) in [4.78, 5) is 19.9. The molecular formula is C26H21N4O3Si. The lowest BCUT2D eigenvalue weighted by molar-refractivity contribution is -0.120. The van der Waals surface area contributed by atoms with Crippen molar-refractivity contribution < 1.29 is 14.3 Å². The second-order valence-electron chi connectivity index (χ2n) is 9.01. The van der Waals surface area contributed by atoms with Crippen LogP contribution in [0, 0.1) is 0 Å². The fraction of sp³-hybridized carbons (Fsp3) is 0.231. The standard InChI is InChI=1S/C26H21N4O3Si/c31-21-8-6-15-19(9-10-27-25(15)30-21)32-13-5-7-18-16(11-13)22-23(24(22)33-18)26-28-12-17(29-26)14-3-1-2-4-20(14)34/h1-5,7,9,11-12,22-24,27H,6,8,10H2,(H,28,29)(H,30,31). The Balaban J connectivity index is 1.12. The molecule has 2 aromatic carbocycles. The highest BCUT2D eigenvalue weighted by Gasteiger charge is 2.61. The number of aromatic nitrogens is 2. The third kappa shape index (κ3) is 3.09. The van der Waals surface area contributed by atoms with E-state index in [1.165, 1.54) is 0 Å². The smallest absolute Gasteiger partial charge is 0.225 e. The number of dihydropyridines is 1. The van der Waals surface area contributed by atoms with Gasteiger partial charge in [0, 0.05) is 30.0 Å². The molecule has 3 aromatic rings. The third-order valence-electron chi connectivity index (χ3n) is 6.95. The van der Waals surface area contributed by atoms with E-state index in [9.17, 15) is 4.79 Å². The number of hydrogen-bond donors (Lipinski definition) is 3. The van der Waals surface area contributed by atoms with Gasteiger partial charge in [-0.25, -0.2) is 4.98 Å². The Bertz CT molecular complexity index is 1410. The summed E-state index contributed by atoms with van der Waals surface area (Å²) in [6.07, 6.45) is 5.15. The van der Waals surface area contributed by atoms with E-state index in [0.717, 1.165) is 56.5 Å². The predicted octanol–water partition coefficient (Wildman–Crippen LogP) is 2.50. The Morgan fingerprint density at radius 3 is 2.94 bits per heavy atom. The van der Waals surface area contributed by atoms with Crippen LogP contribution in [0.4, 0.5) is 0 Å². The van der Waals surface area contributed by atoms with Crippen LogP contribution in [0.3, 0.4) is 0 Å². The van der Waals surface area contributed by atoms with Crippen molar-refractivity contribution in [3.63, 3.8) is 0 Å². The van der Waals surface area contributed by atoms with Crippen molar-refractivity contribution in [2.75, 3.05) is 6.54 Å². The van der Waals surface area contributed by atoms with Crippen LogP contribution < -0.4 is 25.3 Å². The Kier molecular flexibility index (Phi) is 4.26. The molecule has 1 amide bonds. The Labute approximate surface area is 199 Å². The zero-order chi connectivity index (χ0) is 22.8. The maximum atomic E-state index is 11.7. The summed E-state index contributed by atoms with van der Waals surface area (Å²) in [5.41, 5.74) is 4.25. The topological polar surface area (TPSA) is 88.3 Å². The molecule has 1 saturated carbocycles. The first kappa shape index (κ1) is 19.7. The van der Waals surface area contributed by atoms with E-state index in [0.29, 0.717) is 19.4 Å². The number of nitrogens with one attached hydrogen (secondary N) is 3. The lowest BCUT2D eigenvalue weighted by atomic mass is 10.0. The van der Waals surface area contributed by atoms with Crippen molar-refractivity contribution in [1.29, 1.82) is 0 Å². The maximum Gasteiger partial charge on any atom is 0.225 e. The minimum atomic E-state index is 0.0357. The Hall–Kier alpha value is -3.78. The van der Waals surface area contributed by atoms with Gasteiger partial charge in [0.25, 0.3) is 0 Å². The fourth-order valence-corrected chi connectivity index (χ4v) is 5.54. The summed E-state index contributed by atoms with van der Waals surface area (Å²) in [7, 11) is 3.67. The Morgan fingerprint density at radius 1 is 1.12 bits per heavy atom. The quantitative estimate of drug-likeness (QED) is 0.516. The van der Waals surface area contributed by atoms with E-state index in [-0.39, 0.29) is 23.8 Å². The maximum absolute atomic E-state index is 11.7. The van der Waals surface area contributed by atoms with E-state index in [1.54, 1.807) is 0 Å². The molecular weight excluding hydrogens is 444 g/mol. The third-order valence-corrected chi connectivity index (χ3v) is 7.38. The summed E-state index contributed by atoms with van der Waals surface area (Å²) in [5.74, 6) is 4.72. The van der Waals surface area contributed by atoms with Gasteiger partial charge in [-0.3, -0.25) is 4.79 Å². The van der Waals surface area contributed by atoms with Crippen molar-refractivity contribution in [3.05, 3.63) is 83.3 Å². The number of ether oxygens (including phenoxy) is 2. The van der Waals surface area contributed by atoms with E-state index < -0.39 is 0 Å². The first-order valence-corrected chi connectivity index (χ1v) is 12.0. The number of aromatic amines is 1. The average Bonchev–Trinajstić information content (AvgIpc) is 3.16. The highest BCUT2D eigenvalue weighted by atomic mass is 28.1. The van der Waals surface area contributed by atoms with E-state index in [4.69, 9.17) is 9.47 Å². The van der Waals surface area contributed by atoms with E-state index >= 15 is 0 Å². The zero-order valence-corrected chi connectivity index (χ0v) is 19.2. The molecule has 3 aliphatic heterocycles. The molecule has 4 aliphatic rings. The second kappa shape index (κ2) is 7.36. The number of amides is 1. The van der Waals surface area contributed by atoms with E-state index in [1.807, 2.05) is 42.6 Å². The largest absolute Gasteiger partial charge is 0.489 e. The van der Waals surface area contributed by atoms with Crippen LogP contribution >= 0.6 is 0 Å². The number of carbonyl (C=O) groups is 1. The molecule has 7 rings (SSSR count). The van der Waals surface area contributed by atoms with Gasteiger partial charge >= 0.3 is 0 Å². The summed E-state index contributed by atoms with van der Waals surface area (Å²) in [5, 5.41) is 7.16. The van der Waals surface area contributed by atoms with Gasteiger partial charge in [0.15, 0.2) is 0 Å². The number of nitrogens with zero attached hydrogens (tertiary/aromatic N) is 1. The molecule has 167 valence electrons. The van der Waals surface area contributed by atoms with Gasteiger partial charge in [0.2, 0.25) is 5.91 Å². The number of benzene rings is 2. The number of carbonyl (C=O) groups excluding carboxylic acids is 1. The molecule has 0 bridgehead atoms. The summed E-state index contributed by atoms with van der Waals surface area (Å²) in [6, 6.07) is 14.1. The van der Waals surface area contributed by atoms with Crippen molar-refractivity contribution in [3.8, 4) is 22.8 Å². The Morgan fingerprint density at radius 2 is 2.03 bits per heavy atom.